The van der Waals surface area contributed by atoms with Crippen LogP contribution in [0, 0.1) is 5.41 Å². The van der Waals surface area contributed by atoms with Crippen molar-refractivity contribution in [2.24, 2.45) is 0 Å². The second-order valence-electron chi connectivity index (χ2n) is 12.4. The molecule has 3 saturated heterocycles. The van der Waals surface area contributed by atoms with E-state index < -0.39 is 36.6 Å². The molecule has 1 aromatic rings. The third kappa shape index (κ3) is 5.44. The van der Waals surface area contributed by atoms with Gasteiger partial charge in [0.1, 0.15) is 6.23 Å². The maximum Gasteiger partial charge on any atom is 0.494 e. The molecule has 1 unspecified atom stereocenters. The van der Waals surface area contributed by atoms with Gasteiger partial charge in [-0.2, -0.15) is 0 Å². The Balaban J connectivity index is 1.79. The van der Waals surface area contributed by atoms with Gasteiger partial charge in [-0.25, -0.2) is 0 Å². The number of nitrogens with one attached hydrogen (secondary N) is 2. The molecule has 9 heteroatoms. The molecule has 0 saturated carbocycles. The monoisotopic (exact) mass is 510 g/mol. The Kier molecular flexibility index (Phi) is 7.79. The zero-order valence-electron chi connectivity index (χ0n) is 24.1. The molecule has 3 heterocycles. The quantitative estimate of drug-likeness (QED) is 0.344. The zero-order valence-corrected chi connectivity index (χ0v) is 24.1. The number of rotatable bonds is 7. The van der Waals surface area contributed by atoms with Gasteiger partial charge in [-0.05, 0) is 110 Å². The molecule has 202 valence electrons. The van der Waals surface area contributed by atoms with Crippen molar-refractivity contribution < 1.29 is 23.4 Å². The second-order valence-corrected chi connectivity index (χ2v) is 12.4. The summed E-state index contributed by atoms with van der Waals surface area (Å²) in [6.07, 6.45) is 5.24. The summed E-state index contributed by atoms with van der Waals surface area (Å²) in [4.78, 5) is 0. The van der Waals surface area contributed by atoms with E-state index in [1.807, 2.05) is 12.1 Å². The van der Waals surface area contributed by atoms with Crippen LogP contribution in [0.4, 0.5) is 5.69 Å². The van der Waals surface area contributed by atoms with Gasteiger partial charge in [0, 0.05) is 24.1 Å². The van der Waals surface area contributed by atoms with Gasteiger partial charge in [-0.15, -0.1) is 0 Å². The third-order valence-electron chi connectivity index (χ3n) is 8.77. The van der Waals surface area contributed by atoms with E-state index in [0.29, 0.717) is 6.42 Å². The Morgan fingerprint density at radius 3 is 1.97 bits per heavy atom. The average molecular weight is 510 g/mol. The Morgan fingerprint density at radius 1 is 0.919 bits per heavy atom. The van der Waals surface area contributed by atoms with Crippen LogP contribution in [0.1, 0.15) is 99.1 Å². The molecule has 0 aliphatic carbocycles. The Labute approximate surface area is 223 Å². The van der Waals surface area contributed by atoms with Gasteiger partial charge in [-0.1, -0.05) is 13.0 Å². The highest BCUT2D eigenvalue weighted by atomic mass is 16.7. The molecular weight excluding hydrogens is 466 g/mol. The molecule has 1 aromatic carbocycles. The lowest BCUT2D eigenvalue weighted by Gasteiger charge is -2.32. The summed E-state index contributed by atoms with van der Waals surface area (Å²) in [5.41, 5.74) is 2.56. The molecule has 3 aliphatic rings. The number of benzene rings is 1. The van der Waals surface area contributed by atoms with Crippen molar-refractivity contribution in [3.8, 4) is 0 Å². The van der Waals surface area contributed by atoms with Crippen LogP contribution in [-0.2, 0) is 23.4 Å². The number of hydrogen-bond acceptors (Lipinski definition) is 7. The summed E-state index contributed by atoms with van der Waals surface area (Å²) in [6, 6.07) is 6.12. The fraction of sp³-hybridized carbons (Fsp3) is 0.679. The van der Waals surface area contributed by atoms with Gasteiger partial charge in [0.05, 0.1) is 22.4 Å². The highest BCUT2D eigenvalue weighted by Gasteiger charge is 2.56. The lowest BCUT2D eigenvalue weighted by Crippen LogP contribution is -2.41. The van der Waals surface area contributed by atoms with E-state index in [2.05, 4.69) is 73.7 Å². The predicted molar refractivity (Wildman–Crippen MR) is 151 cm³/mol. The van der Waals surface area contributed by atoms with Crippen LogP contribution in [0.15, 0.2) is 23.7 Å². The van der Waals surface area contributed by atoms with Gasteiger partial charge in [0.25, 0.3) is 0 Å². The van der Waals surface area contributed by atoms with E-state index in [4.69, 9.17) is 28.8 Å². The van der Waals surface area contributed by atoms with Crippen molar-refractivity contribution in [3.63, 3.8) is 0 Å². The third-order valence-corrected chi connectivity index (χ3v) is 8.77. The van der Waals surface area contributed by atoms with Crippen LogP contribution in [0.2, 0.25) is 0 Å². The molecule has 2 N–H and O–H groups in total. The first-order chi connectivity index (χ1) is 17.2. The topological polar surface area (TPSA) is 82.0 Å². The van der Waals surface area contributed by atoms with Crippen LogP contribution in [0.3, 0.4) is 0 Å². The largest absolute Gasteiger partial charge is 0.494 e. The van der Waals surface area contributed by atoms with Crippen molar-refractivity contribution in [3.05, 3.63) is 34.8 Å². The lowest BCUT2D eigenvalue weighted by molar-refractivity contribution is 0.00578. The van der Waals surface area contributed by atoms with Crippen molar-refractivity contribution in [1.29, 1.82) is 5.41 Å². The highest BCUT2D eigenvalue weighted by molar-refractivity contribution is 6.74. The van der Waals surface area contributed by atoms with E-state index in [1.54, 1.807) is 0 Å². The molecule has 0 amide bonds. The molecule has 0 aromatic heterocycles. The minimum absolute atomic E-state index is 0.0348. The minimum Gasteiger partial charge on any atom is -0.400 e. The van der Waals surface area contributed by atoms with Crippen LogP contribution in [0.5, 0.6) is 0 Å². The second kappa shape index (κ2) is 10.2. The Hall–Kier alpha value is -1.64. The molecule has 0 radical (unpaired) electrons. The maximum atomic E-state index is 8.16. The fourth-order valence-electron chi connectivity index (χ4n) is 4.91. The molecule has 1 atom stereocenters. The van der Waals surface area contributed by atoms with E-state index >= 15 is 0 Å². The van der Waals surface area contributed by atoms with E-state index in [0.717, 1.165) is 53.6 Å². The average Bonchev–Trinajstić information content (AvgIpc) is 3.17. The normalized spacial score (nSPS) is 26.7. The van der Waals surface area contributed by atoms with Crippen LogP contribution in [-0.4, -0.2) is 55.7 Å². The summed E-state index contributed by atoms with van der Waals surface area (Å²) in [7, 11) is -1.13. The van der Waals surface area contributed by atoms with E-state index in [-0.39, 0.29) is 6.23 Å². The fourth-order valence-corrected chi connectivity index (χ4v) is 4.91. The summed E-state index contributed by atoms with van der Waals surface area (Å²) < 4.78 is 32.0. The summed E-state index contributed by atoms with van der Waals surface area (Å²) in [5, 5.41) is 11.6. The molecule has 3 fully saturated rings. The molecule has 37 heavy (non-hydrogen) atoms. The van der Waals surface area contributed by atoms with Crippen molar-refractivity contribution in [2.75, 3.05) is 11.9 Å². The van der Waals surface area contributed by atoms with Gasteiger partial charge >= 0.3 is 14.2 Å². The first kappa shape index (κ1) is 28.4. The Morgan fingerprint density at radius 2 is 1.49 bits per heavy atom. The number of allylic oxidation sites excluding steroid dienone is 1. The lowest BCUT2D eigenvalue weighted by atomic mass is 9.61. The van der Waals surface area contributed by atoms with Crippen molar-refractivity contribution in [1.82, 2.24) is 0 Å². The molecule has 3 aliphatic heterocycles. The number of anilines is 1. The molecule has 0 spiro atoms. The minimum atomic E-state index is -0.599. The summed E-state index contributed by atoms with van der Waals surface area (Å²) >= 11 is 0. The molecule has 4 rings (SSSR count). The maximum absolute atomic E-state index is 8.16. The van der Waals surface area contributed by atoms with Gasteiger partial charge < -0.3 is 34.1 Å². The zero-order chi connectivity index (χ0) is 27.2. The predicted octanol–water partition coefficient (Wildman–Crippen LogP) is 6.05. The van der Waals surface area contributed by atoms with Crippen LogP contribution in [0.25, 0.3) is 5.47 Å². The SMILES string of the molecule is CC/C(B1OC(C)(C)C(C)(C)O1)=C(/B1OC(C)(C)C(C)(C)O1)c1ccc(NC2CCCCO2)c(C=N)c1. The Bertz CT molecular complexity index is 1020. The van der Waals surface area contributed by atoms with E-state index in [1.165, 1.54) is 6.21 Å². The van der Waals surface area contributed by atoms with Gasteiger partial charge in [0.15, 0.2) is 0 Å². The van der Waals surface area contributed by atoms with Crippen LogP contribution < -0.4 is 5.32 Å². The molecule has 0 bridgehead atoms. The molecule has 7 nitrogen and oxygen atoms in total. The smallest absolute Gasteiger partial charge is 0.400 e. The first-order valence-corrected chi connectivity index (χ1v) is 13.7. The summed E-state index contributed by atoms with van der Waals surface area (Å²) in [5.74, 6) is 0. The van der Waals surface area contributed by atoms with Crippen molar-refractivity contribution in [2.45, 2.75) is 117 Å². The van der Waals surface area contributed by atoms with Crippen molar-refractivity contribution >= 4 is 31.6 Å². The van der Waals surface area contributed by atoms with Gasteiger partial charge in [-0.3, -0.25) is 0 Å². The van der Waals surface area contributed by atoms with Gasteiger partial charge in [0.2, 0.25) is 0 Å². The standard InChI is InChI=1S/C28H44B2N2O5/c1-10-21(29-34-25(2,3)26(4,5)35-29)24(30-36-27(6,7)28(8,9)37-30)19-14-15-22(20(17-19)18-31)32-23-13-11-12-16-33-23/h14-15,17-18,23,31-32H,10-13,16H2,1-9H3/b24-21-,31-18?. The highest BCUT2D eigenvalue weighted by Crippen LogP contribution is 2.45. The number of hydrogen-bond donors (Lipinski definition) is 2. The molecular formula is C28H44B2N2O5. The van der Waals surface area contributed by atoms with E-state index in [9.17, 15) is 0 Å². The number of ether oxygens (including phenoxy) is 1. The summed E-state index contributed by atoms with van der Waals surface area (Å²) in [6.45, 7) is 19.4. The van der Waals surface area contributed by atoms with Crippen LogP contribution >= 0.6 is 0 Å². The first-order valence-electron chi connectivity index (χ1n) is 13.7.